The lowest BCUT2D eigenvalue weighted by Crippen LogP contribution is -2.30. The first-order valence-corrected chi connectivity index (χ1v) is 3.64. The van der Waals surface area contributed by atoms with Crippen LogP contribution in [0.5, 0.6) is 0 Å². The molecule has 9 heteroatoms. The van der Waals surface area contributed by atoms with E-state index in [4.69, 9.17) is 5.73 Å². The molecule has 0 aliphatic carbocycles. The molecule has 0 unspecified atom stereocenters. The van der Waals surface area contributed by atoms with Crippen LogP contribution in [-0.4, -0.2) is 21.4 Å². The van der Waals surface area contributed by atoms with Crippen molar-refractivity contribution < 1.29 is 18.0 Å². The number of halogens is 3. The first-order chi connectivity index (χ1) is 5.89. The summed E-state index contributed by atoms with van der Waals surface area (Å²) in [6.45, 7) is 0. The number of hydrogen-bond donors (Lipinski definition) is 2. The second-order valence-electron chi connectivity index (χ2n) is 1.91. The third-order valence-corrected chi connectivity index (χ3v) is 1.47. The number of hydrogen-bond acceptors (Lipinski definition) is 5. The van der Waals surface area contributed by atoms with Crippen LogP contribution in [0, 0.1) is 0 Å². The Labute approximate surface area is 73.9 Å². The highest BCUT2D eigenvalue weighted by Crippen LogP contribution is 2.17. The van der Waals surface area contributed by atoms with Gasteiger partial charge in [-0.2, -0.15) is 22.5 Å². The third kappa shape index (κ3) is 2.54. The van der Waals surface area contributed by atoms with Crippen LogP contribution in [-0.2, 0) is 4.79 Å². The van der Waals surface area contributed by atoms with Crippen molar-refractivity contribution in [2.75, 3.05) is 11.1 Å². The first kappa shape index (κ1) is 9.71. The van der Waals surface area contributed by atoms with Crippen LogP contribution in [0.4, 0.5) is 24.3 Å². The van der Waals surface area contributed by atoms with E-state index >= 15 is 0 Å². The highest BCUT2D eigenvalue weighted by atomic mass is 32.1. The summed E-state index contributed by atoms with van der Waals surface area (Å²) in [4.78, 5) is 13.6. The zero-order chi connectivity index (χ0) is 10.1. The number of amides is 1. The van der Waals surface area contributed by atoms with Gasteiger partial charge in [-0.25, -0.2) is 0 Å². The quantitative estimate of drug-likeness (QED) is 0.715. The molecular formula is C4H3F3N4OS. The largest absolute Gasteiger partial charge is 0.471 e. The van der Waals surface area contributed by atoms with Gasteiger partial charge in [0, 0.05) is 11.5 Å². The van der Waals surface area contributed by atoms with E-state index in [1.807, 2.05) is 0 Å². The zero-order valence-corrected chi connectivity index (χ0v) is 6.74. The van der Waals surface area contributed by atoms with Crippen molar-refractivity contribution in [2.45, 2.75) is 6.18 Å². The standard InChI is InChI=1S/C4H3F3N4OS/c5-4(6,7)1(12)9-3-10-2(8)13-11-3/h(H3,8,9,10,11,12). The van der Waals surface area contributed by atoms with Gasteiger partial charge in [0.25, 0.3) is 0 Å². The second kappa shape index (κ2) is 3.17. The molecule has 1 heterocycles. The van der Waals surface area contributed by atoms with E-state index in [9.17, 15) is 18.0 Å². The van der Waals surface area contributed by atoms with Gasteiger partial charge in [0.15, 0.2) is 0 Å². The average Bonchev–Trinajstić information content (AvgIpc) is 2.33. The maximum Gasteiger partial charge on any atom is 0.471 e. The number of aromatic nitrogens is 2. The summed E-state index contributed by atoms with van der Waals surface area (Å²) < 4.78 is 38.3. The number of alkyl halides is 3. The minimum atomic E-state index is -4.94. The number of rotatable bonds is 1. The molecule has 0 aromatic carbocycles. The number of anilines is 2. The van der Waals surface area contributed by atoms with Gasteiger partial charge in [-0.15, -0.1) is 0 Å². The summed E-state index contributed by atoms with van der Waals surface area (Å²) in [5.41, 5.74) is 5.08. The van der Waals surface area contributed by atoms with E-state index < -0.39 is 18.0 Å². The Morgan fingerprint density at radius 1 is 1.54 bits per heavy atom. The smallest absolute Gasteiger partial charge is 0.374 e. The van der Waals surface area contributed by atoms with E-state index in [0.29, 0.717) is 11.5 Å². The van der Waals surface area contributed by atoms with E-state index in [1.165, 1.54) is 5.32 Å². The predicted octanol–water partition coefficient (Wildman–Crippen LogP) is 0.621. The van der Waals surface area contributed by atoms with Gasteiger partial charge < -0.3 is 5.73 Å². The predicted molar refractivity (Wildman–Crippen MR) is 39.0 cm³/mol. The molecule has 0 spiro atoms. The Morgan fingerprint density at radius 3 is 2.54 bits per heavy atom. The Balaban J connectivity index is 2.65. The van der Waals surface area contributed by atoms with Gasteiger partial charge in [0.05, 0.1) is 0 Å². The molecule has 3 N–H and O–H groups in total. The van der Waals surface area contributed by atoms with E-state index in [2.05, 4.69) is 9.36 Å². The highest BCUT2D eigenvalue weighted by Gasteiger charge is 2.39. The monoisotopic (exact) mass is 212 g/mol. The van der Waals surface area contributed by atoms with Gasteiger partial charge in [0.2, 0.25) is 11.1 Å². The van der Waals surface area contributed by atoms with Crippen LogP contribution < -0.4 is 11.1 Å². The van der Waals surface area contributed by atoms with E-state index in [0.717, 1.165) is 0 Å². The lowest BCUT2D eigenvalue weighted by molar-refractivity contribution is -0.167. The first-order valence-electron chi connectivity index (χ1n) is 2.87. The third-order valence-electron chi connectivity index (χ3n) is 0.925. The van der Waals surface area contributed by atoms with Crippen LogP contribution in [0.15, 0.2) is 0 Å². The van der Waals surface area contributed by atoms with Crippen LogP contribution in [0.25, 0.3) is 0 Å². The van der Waals surface area contributed by atoms with Crippen LogP contribution in [0.2, 0.25) is 0 Å². The van der Waals surface area contributed by atoms with Crippen molar-refractivity contribution in [3.63, 3.8) is 0 Å². The number of carbonyl (C=O) groups excluding carboxylic acids is 1. The van der Waals surface area contributed by atoms with E-state index in [-0.39, 0.29) is 5.13 Å². The normalized spacial score (nSPS) is 11.3. The minimum absolute atomic E-state index is 0.0162. The molecule has 0 fully saturated rings. The fraction of sp³-hybridized carbons (Fsp3) is 0.250. The molecule has 1 amide bonds. The van der Waals surface area contributed by atoms with Gasteiger partial charge in [-0.1, -0.05) is 0 Å². The van der Waals surface area contributed by atoms with Gasteiger partial charge >= 0.3 is 12.1 Å². The van der Waals surface area contributed by atoms with Crippen LogP contribution >= 0.6 is 11.5 Å². The fourth-order valence-corrected chi connectivity index (χ4v) is 0.852. The van der Waals surface area contributed by atoms with Crippen molar-refractivity contribution >= 4 is 28.5 Å². The lowest BCUT2D eigenvalue weighted by Gasteiger charge is -2.03. The van der Waals surface area contributed by atoms with Crippen molar-refractivity contribution in [1.29, 1.82) is 0 Å². The molecule has 1 aromatic rings. The molecule has 72 valence electrons. The zero-order valence-electron chi connectivity index (χ0n) is 5.92. The number of carbonyl (C=O) groups is 1. The molecule has 0 aliphatic heterocycles. The Morgan fingerprint density at radius 2 is 2.15 bits per heavy atom. The molecule has 0 bridgehead atoms. The minimum Gasteiger partial charge on any atom is -0.374 e. The maximum absolute atomic E-state index is 11.6. The molecule has 1 rings (SSSR count). The number of nitrogen functional groups attached to an aromatic ring is 1. The van der Waals surface area contributed by atoms with Crippen molar-refractivity contribution in [3.05, 3.63) is 0 Å². The molecule has 5 nitrogen and oxygen atoms in total. The van der Waals surface area contributed by atoms with Gasteiger partial charge in [-0.3, -0.25) is 10.1 Å². The Bertz CT molecular complexity index is 321. The molecular weight excluding hydrogens is 209 g/mol. The summed E-state index contributed by atoms with van der Waals surface area (Å²) >= 11 is 0.692. The second-order valence-corrected chi connectivity index (χ2v) is 2.69. The number of nitrogens with zero attached hydrogens (tertiary/aromatic N) is 2. The molecule has 13 heavy (non-hydrogen) atoms. The van der Waals surface area contributed by atoms with Crippen LogP contribution in [0.3, 0.4) is 0 Å². The van der Waals surface area contributed by atoms with Crippen LogP contribution in [0.1, 0.15) is 0 Å². The van der Waals surface area contributed by atoms with Gasteiger partial charge in [-0.05, 0) is 0 Å². The Kier molecular flexibility index (Phi) is 2.36. The number of nitrogens with one attached hydrogen (secondary N) is 1. The topological polar surface area (TPSA) is 80.9 Å². The highest BCUT2D eigenvalue weighted by molar-refractivity contribution is 7.09. The van der Waals surface area contributed by atoms with E-state index in [1.54, 1.807) is 0 Å². The maximum atomic E-state index is 11.6. The summed E-state index contributed by atoms with van der Waals surface area (Å²) in [6.07, 6.45) is -4.94. The van der Waals surface area contributed by atoms with Crippen molar-refractivity contribution in [2.24, 2.45) is 0 Å². The molecule has 0 atom stereocenters. The average molecular weight is 212 g/mol. The van der Waals surface area contributed by atoms with Crippen molar-refractivity contribution in [1.82, 2.24) is 9.36 Å². The summed E-state index contributed by atoms with van der Waals surface area (Å²) in [5.74, 6) is -2.56. The Hall–Kier alpha value is -1.38. The molecule has 0 saturated carbocycles. The van der Waals surface area contributed by atoms with Crippen molar-refractivity contribution in [3.8, 4) is 0 Å². The fourth-order valence-electron chi connectivity index (χ4n) is 0.458. The molecule has 1 aromatic heterocycles. The SMILES string of the molecule is Nc1nc(NC(=O)C(F)(F)F)ns1. The summed E-state index contributed by atoms with van der Waals surface area (Å²) in [7, 11) is 0. The number of nitrogens with two attached hydrogens (primary N) is 1. The molecule has 0 radical (unpaired) electrons. The lowest BCUT2D eigenvalue weighted by atomic mass is 10.6. The molecule has 0 aliphatic rings. The summed E-state index contributed by atoms with van der Waals surface area (Å²) in [5, 5.41) is 1.43. The summed E-state index contributed by atoms with van der Waals surface area (Å²) in [6, 6.07) is 0. The molecule has 0 saturated heterocycles. The van der Waals surface area contributed by atoms with Gasteiger partial charge in [0.1, 0.15) is 0 Å².